The molecule has 0 aromatic heterocycles. The third kappa shape index (κ3) is 4.02. The molecule has 4 heteroatoms. The molecule has 0 radical (unpaired) electrons. The third-order valence-corrected chi connectivity index (χ3v) is 6.95. The maximum absolute atomic E-state index is 13.0. The number of hydrogen-bond donors (Lipinski definition) is 1. The topological polar surface area (TPSA) is 38.3 Å². The monoisotopic (exact) mass is 287 g/mol. The molecule has 0 aromatic carbocycles. The molecule has 19 heavy (non-hydrogen) atoms. The lowest BCUT2D eigenvalue weighted by Gasteiger charge is -2.31. The van der Waals surface area contributed by atoms with Gasteiger partial charge in [0.15, 0.2) is 0 Å². The van der Waals surface area contributed by atoms with Crippen LogP contribution >= 0.6 is 0 Å². The molecule has 1 N–H and O–H groups in total. The van der Waals surface area contributed by atoms with E-state index >= 15 is 0 Å². The molecule has 1 saturated heterocycles. The fourth-order valence-electron chi connectivity index (χ4n) is 3.47. The predicted molar refractivity (Wildman–Crippen MR) is 80.9 cm³/mol. The van der Waals surface area contributed by atoms with E-state index in [0.717, 1.165) is 26.0 Å². The zero-order valence-electron chi connectivity index (χ0n) is 12.4. The van der Waals surface area contributed by atoms with Crippen LogP contribution in [0.2, 0.25) is 0 Å². The van der Waals surface area contributed by atoms with Gasteiger partial charge in [-0.2, -0.15) is 0 Å². The lowest BCUT2D eigenvalue weighted by molar-refractivity contribution is 0.126. The summed E-state index contributed by atoms with van der Waals surface area (Å²) < 4.78 is 18.6. The van der Waals surface area contributed by atoms with E-state index < -0.39 is 10.8 Å². The van der Waals surface area contributed by atoms with E-state index in [1.807, 2.05) is 0 Å². The van der Waals surface area contributed by atoms with E-state index in [4.69, 9.17) is 4.74 Å². The molecule has 1 aliphatic carbocycles. The molecule has 0 amide bonds. The fraction of sp³-hybridized carbons (Fsp3) is 1.00. The molecule has 3 nitrogen and oxygen atoms in total. The van der Waals surface area contributed by atoms with Crippen molar-refractivity contribution < 1.29 is 8.95 Å². The minimum atomic E-state index is -0.750. The van der Waals surface area contributed by atoms with Gasteiger partial charge in [-0.15, -0.1) is 0 Å². The first-order chi connectivity index (χ1) is 9.24. The molecule has 5 unspecified atom stereocenters. The van der Waals surface area contributed by atoms with Gasteiger partial charge in [-0.05, 0) is 32.7 Å². The second kappa shape index (κ2) is 7.75. The summed E-state index contributed by atoms with van der Waals surface area (Å²) in [5, 5.41) is 4.17. The molecule has 1 aliphatic heterocycles. The summed E-state index contributed by atoms with van der Waals surface area (Å²) in [5.41, 5.74) is 0. The van der Waals surface area contributed by atoms with Crippen LogP contribution < -0.4 is 5.32 Å². The van der Waals surface area contributed by atoms with Gasteiger partial charge < -0.3 is 10.1 Å². The molecule has 5 atom stereocenters. The maximum Gasteiger partial charge on any atom is 0.0691 e. The highest BCUT2D eigenvalue weighted by molar-refractivity contribution is 7.86. The van der Waals surface area contributed by atoms with E-state index in [1.165, 1.54) is 32.1 Å². The van der Waals surface area contributed by atoms with E-state index in [9.17, 15) is 4.21 Å². The lowest BCUT2D eigenvalue weighted by atomic mass is 9.96. The molecule has 1 saturated carbocycles. The van der Waals surface area contributed by atoms with Crippen LogP contribution in [0.1, 0.15) is 58.8 Å². The van der Waals surface area contributed by atoms with Gasteiger partial charge in [0.2, 0.25) is 0 Å². The van der Waals surface area contributed by atoms with Crippen molar-refractivity contribution in [1.82, 2.24) is 5.32 Å². The summed E-state index contributed by atoms with van der Waals surface area (Å²) in [4.78, 5) is 0. The summed E-state index contributed by atoms with van der Waals surface area (Å²) in [6.07, 6.45) is 8.62. The van der Waals surface area contributed by atoms with Crippen LogP contribution in [0.15, 0.2) is 0 Å². The number of ether oxygens (including phenoxy) is 1. The normalized spacial score (nSPS) is 38.6. The van der Waals surface area contributed by atoms with Gasteiger partial charge in [0.05, 0.1) is 16.6 Å². The van der Waals surface area contributed by atoms with Crippen LogP contribution in [0.4, 0.5) is 0 Å². The number of nitrogens with one attached hydrogen (secondary N) is 1. The quantitative estimate of drug-likeness (QED) is 0.864. The first-order valence-corrected chi connectivity index (χ1v) is 9.26. The Balaban J connectivity index is 2.04. The Morgan fingerprint density at radius 2 is 1.84 bits per heavy atom. The molecule has 0 aromatic rings. The van der Waals surface area contributed by atoms with Crippen LogP contribution in [0.25, 0.3) is 0 Å². The largest absolute Gasteiger partial charge is 0.377 e. The minimum Gasteiger partial charge on any atom is -0.377 e. The molecule has 1 heterocycles. The highest BCUT2D eigenvalue weighted by Gasteiger charge is 2.37. The molecule has 112 valence electrons. The molecule has 2 fully saturated rings. The molecule has 0 bridgehead atoms. The van der Waals surface area contributed by atoms with E-state index in [0.29, 0.717) is 11.3 Å². The average molecular weight is 287 g/mol. The van der Waals surface area contributed by atoms with Crippen molar-refractivity contribution in [1.29, 1.82) is 0 Å². The van der Waals surface area contributed by atoms with Gasteiger partial charge >= 0.3 is 0 Å². The second-order valence-electron chi connectivity index (χ2n) is 5.93. The highest BCUT2D eigenvalue weighted by atomic mass is 32.2. The Labute approximate surface area is 120 Å². The number of hydrogen-bond acceptors (Lipinski definition) is 3. The van der Waals surface area contributed by atoms with Crippen molar-refractivity contribution in [3.8, 4) is 0 Å². The molecule has 2 aliphatic rings. The van der Waals surface area contributed by atoms with Crippen LogP contribution in [-0.4, -0.2) is 40.0 Å². The molecular weight excluding hydrogens is 258 g/mol. The van der Waals surface area contributed by atoms with Crippen molar-refractivity contribution in [2.75, 3.05) is 13.2 Å². The smallest absolute Gasteiger partial charge is 0.0691 e. The van der Waals surface area contributed by atoms with Crippen LogP contribution in [0.5, 0.6) is 0 Å². The van der Waals surface area contributed by atoms with Gasteiger partial charge in [0.25, 0.3) is 0 Å². The SMILES string of the molecule is CCNC1CCCCCCC1S(=O)C1CCOC1C. The van der Waals surface area contributed by atoms with Crippen molar-refractivity contribution in [3.05, 3.63) is 0 Å². The van der Waals surface area contributed by atoms with Gasteiger partial charge in [0.1, 0.15) is 0 Å². The first-order valence-electron chi connectivity index (χ1n) is 7.98. The summed E-state index contributed by atoms with van der Waals surface area (Å²) >= 11 is 0. The highest BCUT2D eigenvalue weighted by Crippen LogP contribution is 2.28. The van der Waals surface area contributed by atoms with Crippen molar-refractivity contribution in [2.24, 2.45) is 0 Å². The minimum absolute atomic E-state index is 0.175. The summed E-state index contributed by atoms with van der Waals surface area (Å²) in [6.45, 7) is 6.01. The Hall–Kier alpha value is 0.0700. The van der Waals surface area contributed by atoms with Crippen LogP contribution in [-0.2, 0) is 15.5 Å². The van der Waals surface area contributed by atoms with Gasteiger partial charge in [-0.25, -0.2) is 0 Å². The molecule has 0 spiro atoms. The first kappa shape index (κ1) is 15.5. The average Bonchev–Trinajstić information content (AvgIpc) is 2.79. The standard InChI is InChI=1S/C15H29NO2S/c1-3-16-13-8-6-4-5-7-9-15(13)19(17)14-10-11-18-12(14)2/h12-16H,3-11H2,1-2H3. The summed E-state index contributed by atoms with van der Waals surface area (Å²) in [5.74, 6) is 0. The zero-order chi connectivity index (χ0) is 13.7. The van der Waals surface area contributed by atoms with Gasteiger partial charge in [-0.3, -0.25) is 4.21 Å². The maximum atomic E-state index is 13.0. The van der Waals surface area contributed by atoms with Crippen molar-refractivity contribution >= 4 is 10.8 Å². The third-order valence-electron chi connectivity index (χ3n) is 4.57. The van der Waals surface area contributed by atoms with E-state index in [1.54, 1.807) is 0 Å². The Morgan fingerprint density at radius 3 is 2.47 bits per heavy atom. The van der Waals surface area contributed by atoms with Gasteiger partial charge in [-0.1, -0.05) is 32.6 Å². The zero-order valence-corrected chi connectivity index (χ0v) is 13.2. The van der Waals surface area contributed by atoms with Crippen LogP contribution in [0.3, 0.4) is 0 Å². The number of rotatable bonds is 4. The fourth-order valence-corrected chi connectivity index (χ4v) is 5.65. The Kier molecular flexibility index (Phi) is 6.30. The van der Waals surface area contributed by atoms with Crippen molar-refractivity contribution in [3.63, 3.8) is 0 Å². The summed E-state index contributed by atoms with van der Waals surface area (Å²) in [7, 11) is -0.750. The van der Waals surface area contributed by atoms with E-state index in [-0.39, 0.29) is 11.4 Å². The van der Waals surface area contributed by atoms with Crippen LogP contribution in [0, 0.1) is 0 Å². The predicted octanol–water partition coefficient (Wildman–Crippen LogP) is 2.61. The lowest BCUT2D eigenvalue weighted by Crippen LogP contribution is -2.46. The van der Waals surface area contributed by atoms with Gasteiger partial charge in [0, 0.05) is 23.4 Å². The van der Waals surface area contributed by atoms with Crippen molar-refractivity contribution in [2.45, 2.75) is 81.4 Å². The molecular formula is C15H29NO2S. The molecule has 2 rings (SSSR count). The second-order valence-corrected chi connectivity index (χ2v) is 7.79. The Bertz CT molecular complexity index is 298. The summed E-state index contributed by atoms with van der Waals surface area (Å²) in [6, 6.07) is 0.443. The Morgan fingerprint density at radius 1 is 1.11 bits per heavy atom. The van der Waals surface area contributed by atoms with E-state index in [2.05, 4.69) is 19.2 Å².